The second-order valence-electron chi connectivity index (χ2n) is 8.44. The van der Waals surface area contributed by atoms with E-state index in [9.17, 15) is 20.4 Å². The Morgan fingerprint density at radius 3 is 1.44 bits per heavy atom. The second-order valence-corrected chi connectivity index (χ2v) is 8.44. The van der Waals surface area contributed by atoms with Crippen LogP contribution in [0.1, 0.15) is 25.0 Å². The smallest absolute Gasteiger partial charge is 0.132 e. The molecule has 0 spiro atoms. The SMILES string of the molecule is C[C@@H](CO)N=Cc1cc2ccccc2c(-c2c(O)c(C=N[C@@H](C)CO)cc3ccccc23)c1O. The number of phenolic OH excluding ortho intramolecular Hbond substituents is 2. The first-order valence-corrected chi connectivity index (χ1v) is 11.2. The molecule has 174 valence electrons. The van der Waals surface area contributed by atoms with E-state index < -0.39 is 0 Å². The van der Waals surface area contributed by atoms with E-state index in [-0.39, 0.29) is 36.8 Å². The van der Waals surface area contributed by atoms with E-state index in [2.05, 4.69) is 9.98 Å². The minimum Gasteiger partial charge on any atom is -0.507 e. The highest BCUT2D eigenvalue weighted by Gasteiger charge is 2.21. The van der Waals surface area contributed by atoms with E-state index in [0.717, 1.165) is 21.5 Å². The van der Waals surface area contributed by atoms with Crippen LogP contribution in [0.25, 0.3) is 32.7 Å². The van der Waals surface area contributed by atoms with Gasteiger partial charge in [-0.25, -0.2) is 0 Å². The molecule has 0 fully saturated rings. The van der Waals surface area contributed by atoms with Crippen LogP contribution in [0.3, 0.4) is 0 Å². The third kappa shape index (κ3) is 4.51. The highest BCUT2D eigenvalue weighted by Crippen LogP contribution is 2.47. The molecule has 4 aromatic rings. The molecule has 0 amide bonds. The summed E-state index contributed by atoms with van der Waals surface area (Å²) in [6.45, 7) is 3.36. The molecule has 4 rings (SSSR count). The van der Waals surface area contributed by atoms with E-state index >= 15 is 0 Å². The van der Waals surface area contributed by atoms with E-state index in [1.54, 1.807) is 26.3 Å². The molecule has 0 aromatic heterocycles. The number of rotatable bonds is 7. The standard InChI is InChI=1S/C28H28N2O4/c1-17(15-31)29-13-21-11-19-7-3-5-9-23(19)25(27(21)33)26-24-10-6-4-8-20(24)12-22(28(26)34)14-30-18(2)16-32/h3-14,17-18,31-34H,15-16H2,1-2H3/t17-,18-/m0/s1. The molecule has 2 atom stereocenters. The summed E-state index contributed by atoms with van der Waals surface area (Å²) in [5.41, 5.74) is 1.97. The summed E-state index contributed by atoms with van der Waals surface area (Å²) in [5.74, 6) is -0.0169. The number of aromatic hydroxyl groups is 2. The summed E-state index contributed by atoms with van der Waals surface area (Å²) in [4.78, 5) is 8.67. The number of fused-ring (bicyclic) bond motifs is 2. The molecule has 0 aliphatic carbocycles. The number of hydrogen-bond acceptors (Lipinski definition) is 6. The molecule has 4 N–H and O–H groups in total. The molecular weight excluding hydrogens is 428 g/mol. The number of aliphatic hydroxyl groups excluding tert-OH is 2. The van der Waals surface area contributed by atoms with Crippen LogP contribution in [0.4, 0.5) is 0 Å². The van der Waals surface area contributed by atoms with Crippen LogP contribution < -0.4 is 0 Å². The van der Waals surface area contributed by atoms with Crippen LogP contribution in [-0.2, 0) is 0 Å². The molecule has 6 nitrogen and oxygen atoms in total. The van der Waals surface area contributed by atoms with Gasteiger partial charge in [-0.3, -0.25) is 9.98 Å². The summed E-state index contributed by atoms with van der Waals surface area (Å²) in [6.07, 6.45) is 3.11. The van der Waals surface area contributed by atoms with Crippen molar-refractivity contribution in [1.82, 2.24) is 0 Å². The monoisotopic (exact) mass is 456 g/mol. The van der Waals surface area contributed by atoms with Gasteiger partial charge in [0.1, 0.15) is 11.5 Å². The van der Waals surface area contributed by atoms with Gasteiger partial charge in [-0.2, -0.15) is 0 Å². The predicted molar refractivity (Wildman–Crippen MR) is 139 cm³/mol. The topological polar surface area (TPSA) is 106 Å². The Morgan fingerprint density at radius 2 is 1.06 bits per heavy atom. The molecule has 0 radical (unpaired) electrons. The average Bonchev–Trinajstić information content (AvgIpc) is 2.86. The van der Waals surface area contributed by atoms with Crippen LogP contribution in [0.2, 0.25) is 0 Å². The maximum atomic E-state index is 11.4. The molecule has 6 heteroatoms. The van der Waals surface area contributed by atoms with Gasteiger partial charge in [0.15, 0.2) is 0 Å². The van der Waals surface area contributed by atoms with Crippen molar-refractivity contribution in [3.8, 4) is 22.6 Å². The molecule has 0 aliphatic heterocycles. The molecular formula is C28H28N2O4. The predicted octanol–water partition coefficient (Wildman–Crippen LogP) is 4.67. The number of aliphatic imine (C=N–C) groups is 2. The van der Waals surface area contributed by atoms with Gasteiger partial charge in [0.25, 0.3) is 0 Å². The summed E-state index contributed by atoms with van der Waals surface area (Å²) in [7, 11) is 0. The molecule has 0 saturated heterocycles. The second kappa shape index (κ2) is 10.0. The van der Waals surface area contributed by atoms with Crippen molar-refractivity contribution in [2.75, 3.05) is 13.2 Å². The Kier molecular flexibility index (Phi) is 6.91. The van der Waals surface area contributed by atoms with Crippen molar-refractivity contribution in [1.29, 1.82) is 0 Å². The normalized spacial score (nSPS) is 13.9. The number of phenols is 2. The zero-order valence-electron chi connectivity index (χ0n) is 19.2. The molecule has 0 aliphatic rings. The fraction of sp³-hybridized carbons (Fsp3) is 0.214. The van der Waals surface area contributed by atoms with Crippen LogP contribution in [0, 0.1) is 0 Å². The number of aliphatic hydroxyl groups is 2. The first-order chi connectivity index (χ1) is 16.4. The van der Waals surface area contributed by atoms with Crippen molar-refractivity contribution in [3.05, 3.63) is 71.8 Å². The molecule has 0 saturated carbocycles. The van der Waals surface area contributed by atoms with E-state index in [4.69, 9.17) is 0 Å². The summed E-state index contributed by atoms with van der Waals surface area (Å²) < 4.78 is 0. The fourth-order valence-corrected chi connectivity index (χ4v) is 3.93. The Hall–Kier alpha value is -3.74. The minimum absolute atomic E-state index is 0.00846. The Balaban J connectivity index is 2.07. The maximum absolute atomic E-state index is 11.4. The van der Waals surface area contributed by atoms with Crippen LogP contribution in [-0.4, -0.2) is 58.2 Å². The van der Waals surface area contributed by atoms with Gasteiger partial charge >= 0.3 is 0 Å². The fourth-order valence-electron chi connectivity index (χ4n) is 3.93. The van der Waals surface area contributed by atoms with E-state index in [1.807, 2.05) is 60.7 Å². The van der Waals surface area contributed by atoms with Gasteiger partial charge in [-0.05, 0) is 47.5 Å². The van der Waals surface area contributed by atoms with Gasteiger partial charge in [-0.1, -0.05) is 48.5 Å². The Morgan fingerprint density at radius 1 is 0.676 bits per heavy atom. The lowest BCUT2D eigenvalue weighted by Crippen LogP contribution is -2.04. The third-order valence-corrected chi connectivity index (χ3v) is 5.82. The lowest BCUT2D eigenvalue weighted by molar-refractivity contribution is 0.274. The lowest BCUT2D eigenvalue weighted by Gasteiger charge is -2.17. The third-order valence-electron chi connectivity index (χ3n) is 5.82. The van der Waals surface area contributed by atoms with Gasteiger partial charge in [0, 0.05) is 34.7 Å². The molecule has 0 heterocycles. The summed E-state index contributed by atoms with van der Waals surface area (Å²) in [6, 6.07) is 18.4. The van der Waals surface area contributed by atoms with E-state index in [1.165, 1.54) is 0 Å². The van der Waals surface area contributed by atoms with Crippen molar-refractivity contribution < 1.29 is 20.4 Å². The molecule has 4 aromatic carbocycles. The quantitative estimate of drug-likeness (QED) is 0.303. The van der Waals surface area contributed by atoms with Crippen molar-refractivity contribution in [3.63, 3.8) is 0 Å². The van der Waals surface area contributed by atoms with Crippen LogP contribution in [0.15, 0.2) is 70.6 Å². The first kappa shape index (κ1) is 23.4. The highest BCUT2D eigenvalue weighted by atomic mass is 16.3. The Bertz CT molecular complexity index is 1290. The zero-order valence-corrected chi connectivity index (χ0v) is 19.2. The zero-order chi connectivity index (χ0) is 24.2. The summed E-state index contributed by atoms with van der Waals surface area (Å²) in [5, 5.41) is 44.9. The van der Waals surface area contributed by atoms with E-state index in [0.29, 0.717) is 22.3 Å². The number of benzene rings is 4. The van der Waals surface area contributed by atoms with Gasteiger partial charge in [0.2, 0.25) is 0 Å². The lowest BCUT2D eigenvalue weighted by atomic mass is 9.89. The molecule has 0 unspecified atom stereocenters. The minimum atomic E-state index is -0.309. The van der Waals surface area contributed by atoms with Gasteiger partial charge < -0.3 is 20.4 Å². The first-order valence-electron chi connectivity index (χ1n) is 11.2. The molecule has 0 bridgehead atoms. The van der Waals surface area contributed by atoms with Crippen molar-refractivity contribution in [2.24, 2.45) is 9.98 Å². The summed E-state index contributed by atoms with van der Waals surface area (Å²) >= 11 is 0. The van der Waals surface area contributed by atoms with Gasteiger partial charge in [-0.15, -0.1) is 0 Å². The molecule has 34 heavy (non-hydrogen) atoms. The number of hydrogen-bond donors (Lipinski definition) is 4. The van der Waals surface area contributed by atoms with Crippen LogP contribution in [0.5, 0.6) is 11.5 Å². The van der Waals surface area contributed by atoms with Crippen LogP contribution >= 0.6 is 0 Å². The number of nitrogens with zero attached hydrogens (tertiary/aromatic N) is 2. The largest absolute Gasteiger partial charge is 0.507 e. The highest BCUT2D eigenvalue weighted by molar-refractivity contribution is 6.14. The van der Waals surface area contributed by atoms with Gasteiger partial charge in [0.05, 0.1) is 25.3 Å². The maximum Gasteiger partial charge on any atom is 0.132 e. The van der Waals surface area contributed by atoms with Crippen molar-refractivity contribution in [2.45, 2.75) is 25.9 Å². The van der Waals surface area contributed by atoms with Crippen molar-refractivity contribution >= 4 is 34.0 Å². The average molecular weight is 457 g/mol. The Labute approximate surface area is 198 Å².